The Hall–Kier alpha value is -0.530. The van der Waals surface area contributed by atoms with Crippen molar-refractivity contribution < 1.29 is 0 Å². The molecule has 0 spiro atoms. The van der Waals surface area contributed by atoms with Gasteiger partial charge in [0.15, 0.2) is 0 Å². The summed E-state index contributed by atoms with van der Waals surface area (Å²) in [7, 11) is 0. The lowest BCUT2D eigenvalue weighted by molar-refractivity contribution is 0.528. The zero-order valence-electron chi connectivity index (χ0n) is 8.21. The molecule has 0 aliphatic heterocycles. The third-order valence-electron chi connectivity index (χ3n) is 2.65. The molecular weight excluding hydrogens is 148 g/mol. The molecule has 1 fully saturated rings. The van der Waals surface area contributed by atoms with Gasteiger partial charge in [-0.25, -0.2) is 0 Å². The van der Waals surface area contributed by atoms with E-state index >= 15 is 0 Å². The number of hydrogen-bond donors (Lipinski definition) is 1. The van der Waals surface area contributed by atoms with Gasteiger partial charge >= 0.3 is 0 Å². The fourth-order valence-electron chi connectivity index (χ4n) is 1.85. The Kier molecular flexibility index (Phi) is 3.57. The van der Waals surface area contributed by atoms with Crippen molar-refractivity contribution in [3.05, 3.63) is 0 Å². The standard InChI is InChI=1S/C10H20N2/c1-3-5-10(11)12-9-7-4-6-8(9)2/h8-9H,3-7H2,1-2H3,(H2,11,12). The normalized spacial score (nSPS) is 31.0. The van der Waals surface area contributed by atoms with Crippen molar-refractivity contribution in [3.8, 4) is 0 Å². The van der Waals surface area contributed by atoms with E-state index in [1.165, 1.54) is 19.3 Å². The minimum absolute atomic E-state index is 0.525. The molecule has 0 bridgehead atoms. The molecule has 0 radical (unpaired) electrons. The summed E-state index contributed by atoms with van der Waals surface area (Å²) in [5.74, 6) is 1.61. The highest BCUT2D eigenvalue weighted by molar-refractivity contribution is 5.80. The number of amidine groups is 1. The maximum absolute atomic E-state index is 5.78. The molecule has 0 heterocycles. The van der Waals surface area contributed by atoms with Gasteiger partial charge in [0, 0.05) is 6.42 Å². The van der Waals surface area contributed by atoms with Gasteiger partial charge in [0.1, 0.15) is 0 Å². The van der Waals surface area contributed by atoms with E-state index < -0.39 is 0 Å². The van der Waals surface area contributed by atoms with Crippen molar-refractivity contribution in [1.82, 2.24) is 0 Å². The lowest BCUT2D eigenvalue weighted by atomic mass is 10.1. The van der Waals surface area contributed by atoms with E-state index in [1.54, 1.807) is 0 Å². The van der Waals surface area contributed by atoms with Crippen LogP contribution in [0.25, 0.3) is 0 Å². The molecule has 2 unspecified atom stereocenters. The molecule has 0 amide bonds. The van der Waals surface area contributed by atoms with Crippen LogP contribution in [-0.4, -0.2) is 11.9 Å². The Bertz CT molecular complexity index is 163. The summed E-state index contributed by atoms with van der Waals surface area (Å²) in [4.78, 5) is 4.54. The largest absolute Gasteiger partial charge is 0.387 e. The van der Waals surface area contributed by atoms with Crippen LogP contribution in [0.1, 0.15) is 46.0 Å². The monoisotopic (exact) mass is 168 g/mol. The molecule has 12 heavy (non-hydrogen) atoms. The zero-order chi connectivity index (χ0) is 8.97. The summed E-state index contributed by atoms with van der Waals surface area (Å²) >= 11 is 0. The lowest BCUT2D eigenvalue weighted by Gasteiger charge is -2.10. The van der Waals surface area contributed by atoms with Gasteiger partial charge in [-0.1, -0.05) is 20.3 Å². The van der Waals surface area contributed by atoms with Gasteiger partial charge < -0.3 is 5.73 Å². The van der Waals surface area contributed by atoms with Gasteiger partial charge in [0.25, 0.3) is 0 Å². The van der Waals surface area contributed by atoms with E-state index in [-0.39, 0.29) is 0 Å². The van der Waals surface area contributed by atoms with E-state index in [2.05, 4.69) is 18.8 Å². The van der Waals surface area contributed by atoms with Gasteiger partial charge in [0.2, 0.25) is 0 Å². The first-order chi connectivity index (χ1) is 5.74. The topological polar surface area (TPSA) is 38.4 Å². The van der Waals surface area contributed by atoms with Crippen LogP contribution in [-0.2, 0) is 0 Å². The maximum atomic E-state index is 5.78. The fraction of sp³-hybridized carbons (Fsp3) is 0.900. The number of hydrogen-bond acceptors (Lipinski definition) is 1. The van der Waals surface area contributed by atoms with Gasteiger partial charge in [-0.3, -0.25) is 4.99 Å². The second-order valence-electron chi connectivity index (χ2n) is 3.85. The predicted molar refractivity (Wildman–Crippen MR) is 53.3 cm³/mol. The number of nitrogens with two attached hydrogens (primary N) is 1. The van der Waals surface area contributed by atoms with Crippen molar-refractivity contribution in [2.24, 2.45) is 16.6 Å². The molecule has 2 nitrogen and oxygen atoms in total. The second kappa shape index (κ2) is 4.48. The van der Waals surface area contributed by atoms with Crippen LogP contribution in [0, 0.1) is 5.92 Å². The van der Waals surface area contributed by atoms with Crippen molar-refractivity contribution >= 4 is 5.84 Å². The van der Waals surface area contributed by atoms with Gasteiger partial charge in [-0.15, -0.1) is 0 Å². The van der Waals surface area contributed by atoms with E-state index in [0.29, 0.717) is 6.04 Å². The summed E-state index contributed by atoms with van der Waals surface area (Å²) in [5, 5.41) is 0. The average Bonchev–Trinajstić information content (AvgIpc) is 2.37. The maximum Gasteiger partial charge on any atom is 0.0940 e. The van der Waals surface area contributed by atoms with Crippen LogP contribution in [0.15, 0.2) is 4.99 Å². The third-order valence-corrected chi connectivity index (χ3v) is 2.65. The molecule has 1 saturated carbocycles. The van der Waals surface area contributed by atoms with E-state index in [1.807, 2.05) is 0 Å². The second-order valence-corrected chi connectivity index (χ2v) is 3.85. The minimum atomic E-state index is 0.525. The van der Waals surface area contributed by atoms with E-state index in [0.717, 1.165) is 24.6 Å². The van der Waals surface area contributed by atoms with Crippen LogP contribution in [0.2, 0.25) is 0 Å². The van der Waals surface area contributed by atoms with E-state index in [9.17, 15) is 0 Å². The van der Waals surface area contributed by atoms with Crippen molar-refractivity contribution in [3.63, 3.8) is 0 Å². The van der Waals surface area contributed by atoms with Crippen LogP contribution in [0.4, 0.5) is 0 Å². The lowest BCUT2D eigenvalue weighted by Crippen LogP contribution is -2.17. The van der Waals surface area contributed by atoms with Crippen LogP contribution in [0.3, 0.4) is 0 Å². The summed E-state index contributed by atoms with van der Waals surface area (Å²) in [6.07, 6.45) is 5.97. The Morgan fingerprint density at radius 3 is 2.75 bits per heavy atom. The average molecular weight is 168 g/mol. The molecular formula is C10H20N2. The molecule has 2 heteroatoms. The van der Waals surface area contributed by atoms with Crippen LogP contribution in [0.5, 0.6) is 0 Å². The first-order valence-corrected chi connectivity index (χ1v) is 5.06. The van der Waals surface area contributed by atoms with Gasteiger partial charge in [0.05, 0.1) is 11.9 Å². The first kappa shape index (κ1) is 9.56. The van der Waals surface area contributed by atoms with Crippen LogP contribution < -0.4 is 5.73 Å². The number of nitrogens with zero attached hydrogens (tertiary/aromatic N) is 1. The molecule has 1 aliphatic carbocycles. The number of rotatable bonds is 3. The molecule has 2 atom stereocenters. The molecule has 70 valence electrons. The predicted octanol–water partition coefficient (Wildman–Crippen LogP) is 2.33. The van der Waals surface area contributed by atoms with Crippen molar-refractivity contribution in [1.29, 1.82) is 0 Å². The third kappa shape index (κ3) is 2.50. The summed E-state index contributed by atoms with van der Waals surface area (Å²) in [6.45, 7) is 4.42. The smallest absolute Gasteiger partial charge is 0.0940 e. The molecule has 0 aromatic heterocycles. The molecule has 1 aliphatic rings. The molecule has 1 rings (SSSR count). The molecule has 0 saturated heterocycles. The van der Waals surface area contributed by atoms with E-state index in [4.69, 9.17) is 5.73 Å². The van der Waals surface area contributed by atoms with Gasteiger partial charge in [-0.2, -0.15) is 0 Å². The van der Waals surface area contributed by atoms with Crippen LogP contribution >= 0.6 is 0 Å². The fourth-order valence-corrected chi connectivity index (χ4v) is 1.85. The summed E-state index contributed by atoms with van der Waals surface area (Å²) in [6, 6.07) is 0.525. The Balaban J connectivity index is 2.42. The highest BCUT2D eigenvalue weighted by atomic mass is 14.9. The number of aliphatic imine (C=N–C) groups is 1. The van der Waals surface area contributed by atoms with Gasteiger partial charge in [-0.05, 0) is 25.2 Å². The molecule has 2 N–H and O–H groups in total. The highest BCUT2D eigenvalue weighted by Gasteiger charge is 2.22. The SMILES string of the molecule is CCCC(N)=NC1CCCC1C. The quantitative estimate of drug-likeness (QED) is 0.510. The molecule has 0 aromatic rings. The van der Waals surface area contributed by atoms with Crippen molar-refractivity contribution in [2.75, 3.05) is 0 Å². The first-order valence-electron chi connectivity index (χ1n) is 5.06. The zero-order valence-corrected chi connectivity index (χ0v) is 8.21. The Labute approximate surface area is 75.3 Å². The summed E-state index contributed by atoms with van der Waals surface area (Å²) in [5.41, 5.74) is 5.78. The molecule has 0 aromatic carbocycles. The Morgan fingerprint density at radius 2 is 2.25 bits per heavy atom. The Morgan fingerprint density at radius 1 is 1.50 bits per heavy atom. The van der Waals surface area contributed by atoms with Crippen molar-refractivity contribution in [2.45, 2.75) is 52.0 Å². The summed E-state index contributed by atoms with van der Waals surface area (Å²) < 4.78 is 0. The highest BCUT2D eigenvalue weighted by Crippen LogP contribution is 2.27. The minimum Gasteiger partial charge on any atom is -0.387 e.